The molecule has 0 spiro atoms. The lowest BCUT2D eigenvalue weighted by Crippen LogP contribution is -2.27. The molecule has 0 amide bonds. The average molecular weight is 229 g/mol. The Bertz CT molecular complexity index is 379. The molecule has 5 heteroatoms. The molecule has 1 N–H and O–H groups in total. The Kier molecular flexibility index (Phi) is 2.64. The van der Waals surface area contributed by atoms with Gasteiger partial charge in [0.2, 0.25) is 5.95 Å². The molecule has 3 nitrogen and oxygen atoms in total. The molecule has 0 radical (unpaired) electrons. The molecular weight excluding hydrogens is 212 g/mol. The summed E-state index contributed by atoms with van der Waals surface area (Å²) < 4.78 is 27.2. The van der Waals surface area contributed by atoms with Gasteiger partial charge in [0.15, 0.2) is 0 Å². The third kappa shape index (κ3) is 1.90. The van der Waals surface area contributed by atoms with Crippen LogP contribution < -0.4 is 5.32 Å². The zero-order valence-corrected chi connectivity index (χ0v) is 9.80. The minimum absolute atomic E-state index is 0.112. The Balaban J connectivity index is 2.38. The van der Waals surface area contributed by atoms with E-state index in [0.29, 0.717) is 18.9 Å². The first-order chi connectivity index (χ1) is 7.39. The highest BCUT2D eigenvalue weighted by Crippen LogP contribution is 2.32. The molecule has 1 atom stereocenters. The zero-order valence-electron chi connectivity index (χ0n) is 9.80. The number of fused-ring (bicyclic) bond motifs is 1. The predicted molar refractivity (Wildman–Crippen MR) is 59.1 cm³/mol. The number of hydrogen-bond acceptors (Lipinski definition) is 2. The number of halogens is 2. The van der Waals surface area contributed by atoms with Crippen molar-refractivity contribution in [2.45, 2.75) is 45.1 Å². The SMILES string of the molecule is CC(C)(C)c1cn2c(n1)NCCC2C(F)F. The van der Waals surface area contributed by atoms with Gasteiger partial charge in [-0.3, -0.25) is 0 Å². The number of imidazole rings is 1. The number of nitrogens with zero attached hydrogens (tertiary/aromatic N) is 2. The first-order valence-corrected chi connectivity index (χ1v) is 5.51. The first-order valence-electron chi connectivity index (χ1n) is 5.51. The van der Waals surface area contributed by atoms with Crippen LogP contribution in [-0.2, 0) is 5.41 Å². The lowest BCUT2D eigenvalue weighted by molar-refractivity contribution is 0.0777. The minimum atomic E-state index is -2.33. The molecule has 1 aromatic heterocycles. The number of aromatic nitrogens is 2. The molecular formula is C11H17F2N3. The number of rotatable bonds is 1. The van der Waals surface area contributed by atoms with Crippen molar-refractivity contribution in [1.82, 2.24) is 9.55 Å². The summed E-state index contributed by atoms with van der Waals surface area (Å²) in [5.41, 5.74) is 0.737. The van der Waals surface area contributed by atoms with Crippen LogP contribution in [0, 0.1) is 0 Å². The maximum Gasteiger partial charge on any atom is 0.259 e. The van der Waals surface area contributed by atoms with Crippen LogP contribution in [0.5, 0.6) is 0 Å². The summed E-state index contributed by atoms with van der Waals surface area (Å²) in [6, 6.07) is -0.736. The van der Waals surface area contributed by atoms with Crippen LogP contribution in [0.4, 0.5) is 14.7 Å². The Morgan fingerprint density at radius 1 is 1.50 bits per heavy atom. The minimum Gasteiger partial charge on any atom is -0.356 e. The summed E-state index contributed by atoms with van der Waals surface area (Å²) in [6.07, 6.45) is -0.133. The van der Waals surface area contributed by atoms with Crippen LogP contribution in [-0.4, -0.2) is 22.5 Å². The fourth-order valence-corrected chi connectivity index (χ4v) is 1.86. The molecule has 0 bridgehead atoms. The molecule has 1 aliphatic heterocycles. The normalized spacial score (nSPS) is 20.8. The van der Waals surface area contributed by atoms with Gasteiger partial charge in [-0.25, -0.2) is 13.8 Å². The van der Waals surface area contributed by atoms with Crippen LogP contribution in [0.1, 0.15) is 38.9 Å². The van der Waals surface area contributed by atoms with Crippen molar-refractivity contribution in [2.75, 3.05) is 11.9 Å². The molecule has 1 aromatic rings. The number of alkyl halides is 2. The monoisotopic (exact) mass is 229 g/mol. The summed E-state index contributed by atoms with van der Waals surface area (Å²) in [7, 11) is 0. The molecule has 1 unspecified atom stereocenters. The van der Waals surface area contributed by atoms with Crippen LogP contribution in [0.3, 0.4) is 0 Å². The van der Waals surface area contributed by atoms with E-state index in [-0.39, 0.29) is 5.41 Å². The highest BCUT2D eigenvalue weighted by atomic mass is 19.3. The van der Waals surface area contributed by atoms with Crippen molar-refractivity contribution < 1.29 is 8.78 Å². The van der Waals surface area contributed by atoms with E-state index in [1.807, 2.05) is 20.8 Å². The molecule has 16 heavy (non-hydrogen) atoms. The fraction of sp³-hybridized carbons (Fsp3) is 0.727. The van der Waals surface area contributed by atoms with Gasteiger partial charge in [0.1, 0.15) is 0 Å². The molecule has 0 fully saturated rings. The van der Waals surface area contributed by atoms with E-state index in [1.54, 1.807) is 10.8 Å². The quantitative estimate of drug-likeness (QED) is 0.802. The van der Waals surface area contributed by atoms with Crippen molar-refractivity contribution in [3.63, 3.8) is 0 Å². The van der Waals surface area contributed by atoms with Gasteiger partial charge in [0.05, 0.1) is 11.7 Å². The van der Waals surface area contributed by atoms with Crippen molar-refractivity contribution in [1.29, 1.82) is 0 Å². The number of hydrogen-bond donors (Lipinski definition) is 1. The van der Waals surface area contributed by atoms with Gasteiger partial charge < -0.3 is 9.88 Å². The van der Waals surface area contributed by atoms with Gasteiger partial charge in [-0.15, -0.1) is 0 Å². The van der Waals surface area contributed by atoms with Gasteiger partial charge in [-0.2, -0.15) is 0 Å². The van der Waals surface area contributed by atoms with Crippen molar-refractivity contribution in [3.05, 3.63) is 11.9 Å². The average Bonchev–Trinajstić information content (AvgIpc) is 2.59. The highest BCUT2D eigenvalue weighted by molar-refractivity contribution is 5.34. The summed E-state index contributed by atoms with van der Waals surface area (Å²) in [6.45, 7) is 6.64. The zero-order chi connectivity index (χ0) is 11.9. The third-order valence-electron chi connectivity index (χ3n) is 2.87. The molecule has 0 saturated carbocycles. The van der Waals surface area contributed by atoms with Gasteiger partial charge in [0, 0.05) is 18.2 Å². The first kappa shape index (κ1) is 11.4. The van der Waals surface area contributed by atoms with Crippen LogP contribution >= 0.6 is 0 Å². The predicted octanol–water partition coefficient (Wildman–Crippen LogP) is 2.80. The molecule has 0 saturated heterocycles. The summed E-state index contributed by atoms with van der Waals surface area (Å²) in [4.78, 5) is 4.37. The van der Waals surface area contributed by atoms with Gasteiger partial charge in [0.25, 0.3) is 6.43 Å². The second-order valence-electron chi connectivity index (χ2n) is 5.22. The summed E-state index contributed by atoms with van der Waals surface area (Å²) in [5, 5.41) is 3.06. The Morgan fingerprint density at radius 3 is 2.75 bits per heavy atom. The van der Waals surface area contributed by atoms with E-state index in [9.17, 15) is 8.78 Å². The van der Waals surface area contributed by atoms with E-state index in [1.165, 1.54) is 0 Å². The van der Waals surface area contributed by atoms with E-state index in [0.717, 1.165) is 5.69 Å². The van der Waals surface area contributed by atoms with Crippen LogP contribution in [0.15, 0.2) is 6.20 Å². The van der Waals surface area contributed by atoms with E-state index in [4.69, 9.17) is 0 Å². The third-order valence-corrected chi connectivity index (χ3v) is 2.87. The molecule has 0 aliphatic carbocycles. The van der Waals surface area contributed by atoms with Gasteiger partial charge >= 0.3 is 0 Å². The maximum absolute atomic E-state index is 12.8. The molecule has 2 heterocycles. The summed E-state index contributed by atoms with van der Waals surface area (Å²) in [5.74, 6) is 0.571. The van der Waals surface area contributed by atoms with E-state index < -0.39 is 12.5 Å². The van der Waals surface area contributed by atoms with Crippen molar-refractivity contribution >= 4 is 5.95 Å². The van der Waals surface area contributed by atoms with Crippen molar-refractivity contribution in [3.8, 4) is 0 Å². The van der Waals surface area contributed by atoms with Gasteiger partial charge in [-0.05, 0) is 6.42 Å². The lowest BCUT2D eigenvalue weighted by atomic mass is 9.93. The summed E-state index contributed by atoms with van der Waals surface area (Å²) >= 11 is 0. The van der Waals surface area contributed by atoms with Crippen LogP contribution in [0.25, 0.3) is 0 Å². The second-order valence-corrected chi connectivity index (χ2v) is 5.22. The highest BCUT2D eigenvalue weighted by Gasteiger charge is 2.30. The number of nitrogens with one attached hydrogen (secondary N) is 1. The molecule has 90 valence electrons. The van der Waals surface area contributed by atoms with Gasteiger partial charge in [-0.1, -0.05) is 20.8 Å². The molecule has 2 rings (SSSR count). The fourth-order valence-electron chi connectivity index (χ4n) is 1.86. The number of anilines is 1. The Labute approximate surface area is 93.9 Å². The Hall–Kier alpha value is -1.13. The maximum atomic E-state index is 12.8. The van der Waals surface area contributed by atoms with Crippen molar-refractivity contribution in [2.24, 2.45) is 0 Å². The molecule has 1 aliphatic rings. The topological polar surface area (TPSA) is 29.9 Å². The smallest absolute Gasteiger partial charge is 0.259 e. The second kappa shape index (κ2) is 3.71. The lowest BCUT2D eigenvalue weighted by Gasteiger charge is -2.25. The van der Waals surface area contributed by atoms with E-state index >= 15 is 0 Å². The Morgan fingerprint density at radius 2 is 2.19 bits per heavy atom. The standard InChI is InChI=1S/C11H17F2N3/c1-11(2,3)8-6-16-7(9(12)13)4-5-14-10(16)15-8/h6-7,9H,4-5H2,1-3H3,(H,14,15). The van der Waals surface area contributed by atoms with E-state index in [2.05, 4.69) is 10.3 Å². The largest absolute Gasteiger partial charge is 0.356 e. The van der Waals surface area contributed by atoms with Crippen LogP contribution in [0.2, 0.25) is 0 Å². The molecule has 0 aromatic carbocycles.